The van der Waals surface area contributed by atoms with Gasteiger partial charge in [0.05, 0.1) is 24.0 Å². The van der Waals surface area contributed by atoms with Crippen LogP contribution in [0.1, 0.15) is 39.4 Å². The molecule has 2 aliphatic rings. The molecule has 1 unspecified atom stereocenters. The first-order valence-electron chi connectivity index (χ1n) is 7.38. The van der Waals surface area contributed by atoms with Crippen molar-refractivity contribution in [2.24, 2.45) is 0 Å². The summed E-state index contributed by atoms with van der Waals surface area (Å²) in [6.45, 7) is 1.32. The first-order valence-corrected chi connectivity index (χ1v) is 8.19. The van der Waals surface area contributed by atoms with Gasteiger partial charge in [0.2, 0.25) is 0 Å². The Hall–Kier alpha value is -1.40. The number of ether oxygens (including phenoxy) is 1. The molecule has 1 aromatic heterocycles. The third-order valence-electron chi connectivity index (χ3n) is 4.04. The number of hydrogen-bond donors (Lipinski definition) is 1. The molecule has 5 nitrogen and oxygen atoms in total. The van der Waals surface area contributed by atoms with Crippen LogP contribution in [0, 0.1) is 0 Å². The van der Waals surface area contributed by atoms with E-state index in [-0.39, 0.29) is 12.3 Å². The fourth-order valence-electron chi connectivity index (χ4n) is 2.97. The Balaban J connectivity index is 1.69. The average molecular weight is 309 g/mol. The Morgan fingerprint density at radius 1 is 1.38 bits per heavy atom. The van der Waals surface area contributed by atoms with Crippen molar-refractivity contribution in [3.8, 4) is 0 Å². The molecule has 1 aromatic rings. The van der Waals surface area contributed by atoms with Crippen LogP contribution in [-0.4, -0.2) is 47.7 Å². The highest BCUT2D eigenvalue weighted by Gasteiger charge is 2.28. The third-order valence-corrected chi connectivity index (χ3v) is 5.26. The Labute approximate surface area is 127 Å². The van der Waals surface area contributed by atoms with Gasteiger partial charge in [-0.3, -0.25) is 9.59 Å². The molecule has 0 spiro atoms. The summed E-state index contributed by atoms with van der Waals surface area (Å²) >= 11 is 1.60. The zero-order chi connectivity index (χ0) is 14.8. The highest BCUT2D eigenvalue weighted by Crippen LogP contribution is 2.30. The number of carbonyl (C=O) groups is 2. The van der Waals surface area contributed by atoms with Crippen molar-refractivity contribution in [3.63, 3.8) is 0 Å². The van der Waals surface area contributed by atoms with Crippen LogP contribution < -0.4 is 0 Å². The van der Waals surface area contributed by atoms with Gasteiger partial charge in [-0.05, 0) is 37.3 Å². The normalized spacial score (nSPS) is 21.9. The molecule has 0 radical (unpaired) electrons. The van der Waals surface area contributed by atoms with E-state index in [2.05, 4.69) is 0 Å². The number of thiophene rings is 1. The second-order valence-electron chi connectivity index (χ2n) is 5.61. The number of aryl methyl sites for hydroxylation is 2. The molecular formula is C15H19NO4S. The van der Waals surface area contributed by atoms with Crippen molar-refractivity contribution >= 4 is 23.2 Å². The number of fused-ring (bicyclic) bond motifs is 1. The van der Waals surface area contributed by atoms with Gasteiger partial charge in [0.15, 0.2) is 0 Å². The van der Waals surface area contributed by atoms with Crippen molar-refractivity contribution in [1.29, 1.82) is 0 Å². The molecular weight excluding hydrogens is 290 g/mol. The number of rotatable bonds is 3. The van der Waals surface area contributed by atoms with Crippen LogP contribution in [0.2, 0.25) is 0 Å². The molecule has 1 amide bonds. The molecule has 0 bridgehead atoms. The van der Waals surface area contributed by atoms with Gasteiger partial charge in [-0.15, -0.1) is 11.3 Å². The summed E-state index contributed by atoms with van der Waals surface area (Å²) in [5.41, 5.74) is 1.32. The van der Waals surface area contributed by atoms with Crippen LogP contribution in [-0.2, 0) is 22.4 Å². The predicted octanol–water partition coefficient (Wildman–Crippen LogP) is 1.94. The molecule has 1 atom stereocenters. The van der Waals surface area contributed by atoms with Gasteiger partial charge in [0, 0.05) is 18.0 Å². The van der Waals surface area contributed by atoms with Crippen molar-refractivity contribution in [1.82, 2.24) is 4.90 Å². The maximum atomic E-state index is 12.6. The number of hydrogen-bond acceptors (Lipinski definition) is 4. The molecule has 3 rings (SSSR count). The molecule has 1 N–H and O–H groups in total. The summed E-state index contributed by atoms with van der Waals surface area (Å²) in [5.74, 6) is -0.867. The van der Waals surface area contributed by atoms with E-state index in [9.17, 15) is 9.59 Å². The largest absolute Gasteiger partial charge is 0.481 e. The lowest BCUT2D eigenvalue weighted by Crippen LogP contribution is -2.46. The van der Waals surface area contributed by atoms with Crippen molar-refractivity contribution < 1.29 is 19.4 Å². The Morgan fingerprint density at radius 2 is 2.19 bits per heavy atom. The lowest BCUT2D eigenvalue weighted by atomic mass is 9.99. The predicted molar refractivity (Wildman–Crippen MR) is 78.9 cm³/mol. The van der Waals surface area contributed by atoms with Gasteiger partial charge in [-0.1, -0.05) is 0 Å². The lowest BCUT2D eigenvalue weighted by molar-refractivity contribution is -0.141. The lowest BCUT2D eigenvalue weighted by Gasteiger charge is -2.32. The molecule has 0 saturated carbocycles. The van der Waals surface area contributed by atoms with Crippen molar-refractivity contribution in [2.45, 2.75) is 38.2 Å². The minimum Gasteiger partial charge on any atom is -0.481 e. The van der Waals surface area contributed by atoms with E-state index in [1.807, 2.05) is 6.07 Å². The van der Waals surface area contributed by atoms with Gasteiger partial charge in [0.25, 0.3) is 5.91 Å². The van der Waals surface area contributed by atoms with E-state index in [0.29, 0.717) is 19.7 Å². The highest BCUT2D eigenvalue weighted by atomic mass is 32.1. The summed E-state index contributed by atoms with van der Waals surface area (Å²) in [4.78, 5) is 27.2. The van der Waals surface area contributed by atoms with Crippen molar-refractivity contribution in [3.05, 3.63) is 21.4 Å². The molecule has 2 heterocycles. The minimum atomic E-state index is -0.888. The number of carboxylic acid groups (broad SMARTS) is 1. The van der Waals surface area contributed by atoms with E-state index in [0.717, 1.165) is 17.7 Å². The van der Waals surface area contributed by atoms with Gasteiger partial charge in [0.1, 0.15) is 0 Å². The van der Waals surface area contributed by atoms with E-state index in [1.165, 1.54) is 23.3 Å². The molecule has 1 aliphatic heterocycles. The Bertz CT molecular complexity index is 530. The van der Waals surface area contributed by atoms with Crippen LogP contribution in [0.3, 0.4) is 0 Å². The van der Waals surface area contributed by atoms with Crippen molar-refractivity contribution in [2.75, 3.05) is 19.7 Å². The topological polar surface area (TPSA) is 66.8 Å². The molecule has 1 aliphatic carbocycles. The molecule has 114 valence electrons. The van der Waals surface area contributed by atoms with E-state index < -0.39 is 12.1 Å². The third kappa shape index (κ3) is 3.27. The van der Waals surface area contributed by atoms with E-state index in [4.69, 9.17) is 9.84 Å². The smallest absolute Gasteiger partial charge is 0.306 e. The number of aliphatic carboxylic acids is 1. The SMILES string of the molecule is O=C(O)CC1CN(C(=O)c2cc3c(s2)CCCC3)CCO1. The fourth-order valence-corrected chi connectivity index (χ4v) is 4.20. The first kappa shape index (κ1) is 14.5. The van der Waals surface area contributed by atoms with Crippen LogP contribution in [0.25, 0.3) is 0 Å². The summed E-state index contributed by atoms with van der Waals surface area (Å²) in [5, 5.41) is 8.84. The molecule has 1 saturated heterocycles. The zero-order valence-corrected chi connectivity index (χ0v) is 12.7. The number of amides is 1. The number of carbonyl (C=O) groups excluding carboxylic acids is 1. The monoisotopic (exact) mass is 309 g/mol. The molecule has 0 aromatic carbocycles. The van der Waals surface area contributed by atoms with Gasteiger partial charge < -0.3 is 14.7 Å². The maximum absolute atomic E-state index is 12.6. The zero-order valence-electron chi connectivity index (χ0n) is 11.8. The molecule has 21 heavy (non-hydrogen) atoms. The van der Waals surface area contributed by atoms with Crippen LogP contribution in [0.15, 0.2) is 6.07 Å². The standard InChI is InChI=1S/C15H19NO4S/c17-14(18)8-11-9-16(5-6-20-11)15(19)13-7-10-3-1-2-4-12(10)21-13/h7,11H,1-6,8-9H2,(H,17,18). The van der Waals surface area contributed by atoms with Crippen LogP contribution in [0.4, 0.5) is 0 Å². The maximum Gasteiger partial charge on any atom is 0.306 e. The molecule has 6 heteroatoms. The average Bonchev–Trinajstić information content (AvgIpc) is 2.90. The number of morpholine rings is 1. The second kappa shape index (κ2) is 6.15. The Kier molecular flexibility index (Phi) is 4.26. The van der Waals surface area contributed by atoms with Gasteiger partial charge in [-0.25, -0.2) is 0 Å². The highest BCUT2D eigenvalue weighted by molar-refractivity contribution is 7.14. The summed E-state index contributed by atoms with van der Waals surface area (Å²) < 4.78 is 5.42. The fraction of sp³-hybridized carbons (Fsp3) is 0.600. The van der Waals surface area contributed by atoms with E-state index in [1.54, 1.807) is 16.2 Å². The Morgan fingerprint density at radius 3 is 2.95 bits per heavy atom. The summed E-state index contributed by atoms with van der Waals surface area (Å²) in [7, 11) is 0. The van der Waals surface area contributed by atoms with Crippen LogP contribution in [0.5, 0.6) is 0 Å². The summed E-state index contributed by atoms with van der Waals surface area (Å²) in [6.07, 6.45) is 4.12. The van der Waals surface area contributed by atoms with Gasteiger partial charge in [-0.2, -0.15) is 0 Å². The minimum absolute atomic E-state index is 0.0214. The number of nitrogens with zero attached hydrogens (tertiary/aromatic N) is 1. The summed E-state index contributed by atoms with van der Waals surface area (Å²) in [6, 6.07) is 2.03. The van der Waals surface area contributed by atoms with Crippen LogP contribution >= 0.6 is 11.3 Å². The quantitative estimate of drug-likeness (QED) is 0.926. The second-order valence-corrected chi connectivity index (χ2v) is 6.74. The van der Waals surface area contributed by atoms with E-state index >= 15 is 0 Å². The van der Waals surface area contributed by atoms with Gasteiger partial charge >= 0.3 is 5.97 Å². The molecule has 1 fully saturated rings. The first-order chi connectivity index (χ1) is 10.1. The number of carboxylic acids is 1.